The van der Waals surface area contributed by atoms with Gasteiger partial charge < -0.3 is 14.8 Å². The number of hydrogen-bond donors (Lipinski definition) is 2. The second-order valence-electron chi connectivity index (χ2n) is 6.68. The largest absolute Gasteiger partial charge is 0.494 e. The van der Waals surface area contributed by atoms with Crippen LogP contribution in [0, 0.1) is 10.1 Å². The van der Waals surface area contributed by atoms with Gasteiger partial charge in [0.25, 0.3) is 21.6 Å². The van der Waals surface area contributed by atoms with E-state index < -0.39 is 20.9 Å². The smallest absolute Gasteiger partial charge is 0.271 e. The Bertz CT molecular complexity index is 1230. The summed E-state index contributed by atoms with van der Waals surface area (Å²) in [5.41, 5.74) is 0.501. The molecular weight excluding hydrogens is 450 g/mol. The van der Waals surface area contributed by atoms with Crippen LogP contribution in [0.25, 0.3) is 0 Å². The maximum atomic E-state index is 12.6. The Balaban J connectivity index is 1.56. The number of non-ortho nitro benzene ring substituents is 1. The molecule has 0 aliphatic rings. The van der Waals surface area contributed by atoms with E-state index >= 15 is 0 Å². The number of nitrogens with one attached hydrogen (secondary N) is 2. The normalized spacial score (nSPS) is 10.8. The van der Waals surface area contributed by atoms with Crippen molar-refractivity contribution in [2.24, 2.45) is 0 Å². The summed E-state index contributed by atoms with van der Waals surface area (Å²) >= 11 is 0. The van der Waals surface area contributed by atoms with Gasteiger partial charge in [0.1, 0.15) is 11.5 Å². The highest BCUT2D eigenvalue weighted by atomic mass is 32.2. The SMILES string of the molecule is CCOc1ccc(NS(=O)(=O)c2ccc(OCC(=O)Nc3cccc([N+](=O)[O-])c3)cc2)cc1. The van der Waals surface area contributed by atoms with Crippen LogP contribution in [0.2, 0.25) is 0 Å². The fraction of sp³-hybridized carbons (Fsp3) is 0.136. The molecule has 1 amide bonds. The second-order valence-corrected chi connectivity index (χ2v) is 8.36. The quantitative estimate of drug-likeness (QED) is 0.339. The second kappa shape index (κ2) is 10.5. The van der Waals surface area contributed by atoms with E-state index in [1.54, 1.807) is 24.3 Å². The Morgan fingerprint density at radius 3 is 2.21 bits per heavy atom. The summed E-state index contributed by atoms with van der Waals surface area (Å²) < 4.78 is 38.3. The highest BCUT2D eigenvalue weighted by molar-refractivity contribution is 7.92. The number of nitro benzene ring substituents is 1. The van der Waals surface area contributed by atoms with Crippen LogP contribution in [0.5, 0.6) is 11.5 Å². The number of amides is 1. The van der Waals surface area contributed by atoms with Crippen LogP contribution in [-0.4, -0.2) is 32.5 Å². The molecule has 3 aromatic carbocycles. The minimum absolute atomic E-state index is 0.0183. The van der Waals surface area contributed by atoms with E-state index in [1.165, 1.54) is 48.5 Å². The molecule has 0 aliphatic heterocycles. The lowest BCUT2D eigenvalue weighted by Gasteiger charge is -2.11. The average Bonchev–Trinajstić information content (AvgIpc) is 2.79. The zero-order chi connectivity index (χ0) is 23.8. The van der Waals surface area contributed by atoms with E-state index in [0.29, 0.717) is 18.0 Å². The van der Waals surface area contributed by atoms with E-state index in [1.807, 2.05) is 6.92 Å². The number of nitrogens with zero attached hydrogens (tertiary/aromatic N) is 1. The molecule has 0 saturated heterocycles. The Morgan fingerprint density at radius 1 is 0.939 bits per heavy atom. The van der Waals surface area contributed by atoms with Gasteiger partial charge in [-0.3, -0.25) is 19.6 Å². The number of sulfonamides is 1. The number of ether oxygens (including phenoxy) is 2. The highest BCUT2D eigenvalue weighted by Gasteiger charge is 2.15. The predicted octanol–water partition coefficient (Wildman–Crippen LogP) is 3.81. The van der Waals surface area contributed by atoms with E-state index in [2.05, 4.69) is 10.0 Å². The maximum Gasteiger partial charge on any atom is 0.271 e. The van der Waals surface area contributed by atoms with Gasteiger partial charge in [0.05, 0.1) is 16.4 Å². The summed E-state index contributed by atoms with van der Waals surface area (Å²) in [4.78, 5) is 22.3. The first-order valence-electron chi connectivity index (χ1n) is 9.79. The van der Waals surface area contributed by atoms with E-state index in [-0.39, 0.29) is 28.6 Å². The van der Waals surface area contributed by atoms with E-state index in [9.17, 15) is 23.3 Å². The van der Waals surface area contributed by atoms with Gasteiger partial charge in [-0.2, -0.15) is 0 Å². The van der Waals surface area contributed by atoms with E-state index in [4.69, 9.17) is 9.47 Å². The number of rotatable bonds is 10. The third-order valence-electron chi connectivity index (χ3n) is 4.26. The van der Waals surface area contributed by atoms with Crippen LogP contribution < -0.4 is 19.5 Å². The predicted molar refractivity (Wildman–Crippen MR) is 122 cm³/mol. The van der Waals surface area contributed by atoms with Gasteiger partial charge in [0, 0.05) is 23.5 Å². The molecule has 0 unspecified atom stereocenters. The van der Waals surface area contributed by atoms with Gasteiger partial charge in [-0.15, -0.1) is 0 Å². The Hall–Kier alpha value is -4.12. The number of carbonyl (C=O) groups is 1. The minimum atomic E-state index is -3.82. The molecule has 3 aromatic rings. The first-order valence-corrected chi connectivity index (χ1v) is 11.3. The molecule has 0 aliphatic carbocycles. The number of carbonyl (C=O) groups excluding carboxylic acids is 1. The molecule has 0 saturated carbocycles. The Labute approximate surface area is 190 Å². The van der Waals surface area contributed by atoms with Crippen molar-refractivity contribution in [2.75, 3.05) is 23.3 Å². The Kier molecular flexibility index (Phi) is 7.46. The van der Waals surface area contributed by atoms with Gasteiger partial charge in [-0.25, -0.2) is 8.42 Å². The molecular formula is C22H21N3O7S. The first kappa shape index (κ1) is 23.5. The van der Waals surface area contributed by atoms with Crippen LogP contribution >= 0.6 is 0 Å². The summed E-state index contributed by atoms with van der Waals surface area (Å²) in [5.74, 6) is 0.394. The molecule has 0 heterocycles. The van der Waals surface area contributed by atoms with Crippen molar-refractivity contribution in [2.45, 2.75) is 11.8 Å². The van der Waals surface area contributed by atoms with Crippen LogP contribution in [0.15, 0.2) is 77.7 Å². The molecule has 0 fully saturated rings. The van der Waals surface area contributed by atoms with Crippen molar-refractivity contribution in [3.63, 3.8) is 0 Å². The highest BCUT2D eigenvalue weighted by Crippen LogP contribution is 2.22. The first-order chi connectivity index (χ1) is 15.8. The summed E-state index contributed by atoms with van der Waals surface area (Å²) in [6.45, 7) is 2.00. The summed E-state index contributed by atoms with van der Waals surface area (Å²) in [6, 6.07) is 17.6. The molecule has 172 valence electrons. The van der Waals surface area contributed by atoms with Crippen LogP contribution in [0.4, 0.5) is 17.1 Å². The average molecular weight is 471 g/mol. The summed E-state index contributed by atoms with van der Waals surface area (Å²) in [7, 11) is -3.82. The van der Waals surface area contributed by atoms with Crippen molar-refractivity contribution >= 4 is 33.0 Å². The van der Waals surface area contributed by atoms with Crippen LogP contribution in [0.3, 0.4) is 0 Å². The topological polar surface area (TPSA) is 137 Å². The molecule has 3 rings (SSSR count). The van der Waals surface area contributed by atoms with Crippen LogP contribution in [0.1, 0.15) is 6.92 Å². The maximum absolute atomic E-state index is 12.6. The minimum Gasteiger partial charge on any atom is -0.494 e. The molecule has 11 heteroatoms. The zero-order valence-electron chi connectivity index (χ0n) is 17.6. The Morgan fingerprint density at radius 2 is 1.58 bits per heavy atom. The lowest BCUT2D eigenvalue weighted by atomic mass is 10.3. The van der Waals surface area contributed by atoms with Crippen molar-refractivity contribution < 1.29 is 27.6 Å². The third kappa shape index (κ3) is 6.68. The number of hydrogen-bond acceptors (Lipinski definition) is 7. The molecule has 0 spiro atoms. The van der Waals surface area contributed by atoms with Gasteiger partial charge in [-0.1, -0.05) is 6.07 Å². The van der Waals surface area contributed by atoms with Crippen molar-refractivity contribution in [1.29, 1.82) is 0 Å². The van der Waals surface area contributed by atoms with Crippen molar-refractivity contribution in [3.8, 4) is 11.5 Å². The third-order valence-corrected chi connectivity index (χ3v) is 5.66. The molecule has 0 aromatic heterocycles. The number of nitro groups is 1. The zero-order valence-corrected chi connectivity index (χ0v) is 18.4. The van der Waals surface area contributed by atoms with Gasteiger partial charge in [-0.05, 0) is 61.5 Å². The molecule has 0 atom stereocenters. The molecule has 2 N–H and O–H groups in total. The van der Waals surface area contributed by atoms with Gasteiger partial charge >= 0.3 is 0 Å². The molecule has 10 nitrogen and oxygen atoms in total. The fourth-order valence-electron chi connectivity index (χ4n) is 2.76. The molecule has 33 heavy (non-hydrogen) atoms. The monoisotopic (exact) mass is 471 g/mol. The van der Waals surface area contributed by atoms with Gasteiger partial charge in [0.2, 0.25) is 0 Å². The molecule has 0 radical (unpaired) electrons. The lowest BCUT2D eigenvalue weighted by molar-refractivity contribution is -0.384. The van der Waals surface area contributed by atoms with Crippen molar-refractivity contribution in [1.82, 2.24) is 0 Å². The fourth-order valence-corrected chi connectivity index (χ4v) is 3.82. The number of anilines is 2. The summed E-state index contributed by atoms with van der Waals surface area (Å²) in [5, 5.41) is 13.3. The van der Waals surface area contributed by atoms with Crippen molar-refractivity contribution in [3.05, 3.63) is 82.9 Å². The number of benzene rings is 3. The lowest BCUT2D eigenvalue weighted by Crippen LogP contribution is -2.20. The van der Waals surface area contributed by atoms with E-state index in [0.717, 1.165) is 0 Å². The van der Waals surface area contributed by atoms with Gasteiger partial charge in [0.15, 0.2) is 6.61 Å². The summed E-state index contributed by atoms with van der Waals surface area (Å²) in [6.07, 6.45) is 0. The van der Waals surface area contributed by atoms with Crippen LogP contribution in [-0.2, 0) is 14.8 Å². The molecule has 0 bridgehead atoms. The standard InChI is InChI=1S/C22H21N3O7S/c1-2-31-19-8-6-16(7-9-19)24-33(29,30)21-12-10-20(11-13-21)32-15-22(26)23-17-4-3-5-18(14-17)25(27)28/h3-14,24H,2,15H2,1H3,(H,23,26).